The van der Waals surface area contributed by atoms with Gasteiger partial charge in [-0.1, -0.05) is 59.6 Å². The van der Waals surface area contributed by atoms with Gasteiger partial charge in [0.15, 0.2) is 0 Å². The molecule has 1 amide bonds. The third-order valence-electron chi connectivity index (χ3n) is 7.83. The fourth-order valence-corrected chi connectivity index (χ4v) is 7.41. The van der Waals surface area contributed by atoms with Gasteiger partial charge in [0.25, 0.3) is 10.0 Å². The summed E-state index contributed by atoms with van der Waals surface area (Å²) in [4.78, 5) is 13.7. The lowest BCUT2D eigenvalue weighted by Gasteiger charge is -2.50. The van der Waals surface area contributed by atoms with Crippen LogP contribution in [0.3, 0.4) is 0 Å². The number of ether oxygens (including phenoxy) is 2. The van der Waals surface area contributed by atoms with Crippen molar-refractivity contribution in [2.24, 2.45) is 11.8 Å². The lowest BCUT2D eigenvalue weighted by molar-refractivity contribution is -0.179. The zero-order valence-electron chi connectivity index (χ0n) is 22.0. The molecular weight excluding hydrogens is 557 g/mol. The number of sulfonamides is 1. The van der Waals surface area contributed by atoms with Gasteiger partial charge >= 0.3 is 0 Å². The van der Waals surface area contributed by atoms with Crippen LogP contribution in [-0.4, -0.2) is 26.0 Å². The van der Waals surface area contributed by atoms with E-state index in [9.17, 15) is 13.2 Å². The van der Waals surface area contributed by atoms with Crippen LogP contribution in [0.25, 0.3) is 0 Å². The van der Waals surface area contributed by atoms with Gasteiger partial charge in [-0.2, -0.15) is 0 Å². The van der Waals surface area contributed by atoms with Crippen LogP contribution in [0.2, 0.25) is 10.0 Å². The molecule has 9 heteroatoms. The van der Waals surface area contributed by atoms with Gasteiger partial charge in [-0.25, -0.2) is 13.1 Å². The summed E-state index contributed by atoms with van der Waals surface area (Å²) in [6, 6.07) is 20.0. The first-order valence-electron chi connectivity index (χ1n) is 13.0. The smallest absolute Gasteiger partial charge is 0.264 e. The number of fused-ring (bicyclic) bond motifs is 3. The van der Waals surface area contributed by atoms with Gasteiger partial charge in [-0.3, -0.25) is 4.79 Å². The summed E-state index contributed by atoms with van der Waals surface area (Å²) in [6.45, 7) is 5.55. The molecule has 1 N–H and O–H groups in total. The molecule has 0 spiro atoms. The van der Waals surface area contributed by atoms with Crippen molar-refractivity contribution in [3.05, 3.63) is 93.5 Å². The van der Waals surface area contributed by atoms with Crippen molar-refractivity contribution < 1.29 is 22.7 Å². The van der Waals surface area contributed by atoms with Crippen molar-refractivity contribution in [3.8, 4) is 5.75 Å². The lowest BCUT2D eigenvalue weighted by Crippen LogP contribution is -2.54. The third kappa shape index (κ3) is 5.68. The maximum absolute atomic E-state index is 13.7. The Labute approximate surface area is 239 Å². The lowest BCUT2D eigenvalue weighted by atomic mass is 9.71. The molecule has 0 aromatic heterocycles. The summed E-state index contributed by atoms with van der Waals surface area (Å²) < 4.78 is 41.9. The minimum Gasteiger partial charge on any atom is -0.487 e. The van der Waals surface area contributed by atoms with Gasteiger partial charge in [0.2, 0.25) is 5.91 Å². The molecule has 0 saturated carbocycles. The Hall–Kier alpha value is -2.58. The van der Waals surface area contributed by atoms with Crippen molar-refractivity contribution >= 4 is 39.1 Å². The number of amides is 1. The molecule has 2 aliphatic rings. The first-order valence-corrected chi connectivity index (χ1v) is 15.2. The first-order chi connectivity index (χ1) is 18.5. The number of hydrogen-bond acceptors (Lipinski definition) is 5. The van der Waals surface area contributed by atoms with E-state index in [4.69, 9.17) is 32.7 Å². The quantitative estimate of drug-likeness (QED) is 0.348. The topological polar surface area (TPSA) is 81.7 Å². The van der Waals surface area contributed by atoms with Crippen LogP contribution >= 0.6 is 23.2 Å². The summed E-state index contributed by atoms with van der Waals surface area (Å²) in [7, 11) is -4.15. The average molecular weight is 589 g/mol. The second kappa shape index (κ2) is 10.8. The zero-order valence-corrected chi connectivity index (χ0v) is 24.3. The molecule has 39 heavy (non-hydrogen) atoms. The Morgan fingerprint density at radius 1 is 1.05 bits per heavy atom. The number of carbonyl (C=O) groups excluding carboxylic acids is 1. The van der Waals surface area contributed by atoms with Crippen LogP contribution < -0.4 is 9.46 Å². The molecule has 0 unspecified atom stereocenters. The zero-order chi connectivity index (χ0) is 27.9. The van der Waals surface area contributed by atoms with E-state index in [0.29, 0.717) is 40.6 Å². The molecular formula is C30H31Cl2NO5S. The van der Waals surface area contributed by atoms with E-state index in [1.165, 1.54) is 6.07 Å². The minimum absolute atomic E-state index is 0.0244. The van der Waals surface area contributed by atoms with Gasteiger partial charge in [0.05, 0.1) is 23.0 Å². The normalized spacial score (nSPS) is 23.7. The van der Waals surface area contributed by atoms with Crippen molar-refractivity contribution in [3.63, 3.8) is 0 Å². The van der Waals surface area contributed by atoms with Crippen LogP contribution in [0.1, 0.15) is 49.5 Å². The highest BCUT2D eigenvalue weighted by Gasteiger charge is 2.52. The third-order valence-corrected chi connectivity index (χ3v) is 9.96. The fourth-order valence-electron chi connectivity index (χ4n) is 5.70. The highest BCUT2D eigenvalue weighted by atomic mass is 35.5. The largest absolute Gasteiger partial charge is 0.487 e. The molecule has 4 atom stereocenters. The molecule has 1 fully saturated rings. The SMILES string of the molecule is Cc1c(Cl)cccc1S(=O)(=O)NC(=O)[C@@H]1C[C@H]2[C@H](O[C@H]1CCc1ccccc1)c1cc(Cl)ccc1OC2(C)C. The predicted molar refractivity (Wildman–Crippen MR) is 152 cm³/mol. The van der Waals surface area contributed by atoms with Crippen LogP contribution in [0.4, 0.5) is 0 Å². The predicted octanol–water partition coefficient (Wildman–Crippen LogP) is 6.67. The van der Waals surface area contributed by atoms with E-state index in [2.05, 4.69) is 4.72 Å². The van der Waals surface area contributed by atoms with Crippen molar-refractivity contribution in [1.29, 1.82) is 0 Å². The number of hydrogen-bond donors (Lipinski definition) is 1. The van der Waals surface area contributed by atoms with E-state index in [1.54, 1.807) is 25.1 Å². The number of aryl methyl sites for hydroxylation is 1. The highest BCUT2D eigenvalue weighted by molar-refractivity contribution is 7.90. The molecule has 0 aliphatic carbocycles. The first kappa shape index (κ1) is 28.0. The van der Waals surface area contributed by atoms with Crippen molar-refractivity contribution in [2.75, 3.05) is 0 Å². The Morgan fingerprint density at radius 2 is 1.79 bits per heavy atom. The van der Waals surface area contributed by atoms with Crippen LogP contribution in [0, 0.1) is 18.8 Å². The molecule has 6 nitrogen and oxygen atoms in total. The summed E-state index contributed by atoms with van der Waals surface area (Å²) in [5.74, 6) is -0.816. The fraction of sp³-hybridized carbons (Fsp3) is 0.367. The van der Waals surface area contributed by atoms with E-state index in [1.807, 2.05) is 56.3 Å². The molecule has 3 aromatic rings. The highest BCUT2D eigenvalue weighted by Crippen LogP contribution is 2.53. The van der Waals surface area contributed by atoms with Gasteiger partial charge in [0, 0.05) is 21.5 Å². The van der Waals surface area contributed by atoms with Gasteiger partial charge < -0.3 is 9.47 Å². The molecule has 206 valence electrons. The Kier molecular flexibility index (Phi) is 7.72. The average Bonchev–Trinajstić information content (AvgIpc) is 2.89. The molecule has 3 aromatic carbocycles. The van der Waals surface area contributed by atoms with Crippen molar-refractivity contribution in [1.82, 2.24) is 4.72 Å². The molecule has 0 bridgehead atoms. The van der Waals surface area contributed by atoms with E-state index < -0.39 is 33.6 Å². The number of rotatable bonds is 6. The standard InChI is InChI=1S/C30H31Cl2NO5S/c1-18-24(32)10-7-11-27(18)39(35,36)33-29(34)22-17-23-28(37-25(22)14-12-19-8-5-4-6-9-19)21-16-20(31)13-15-26(21)38-30(23,2)3/h4-11,13,15-16,22-23,25,28H,12,14,17H2,1-3H3,(H,33,34)/t22-,23+,25+,28-/m1/s1. The van der Waals surface area contributed by atoms with E-state index in [-0.39, 0.29) is 16.9 Å². The number of carbonyl (C=O) groups is 1. The van der Waals surface area contributed by atoms with Crippen molar-refractivity contribution in [2.45, 2.75) is 62.7 Å². The summed E-state index contributed by atoms with van der Waals surface area (Å²) >= 11 is 12.5. The molecule has 2 aliphatic heterocycles. The Balaban J connectivity index is 1.47. The molecule has 5 rings (SSSR count). The minimum atomic E-state index is -4.15. The van der Waals surface area contributed by atoms with Gasteiger partial charge in [-0.15, -0.1) is 0 Å². The maximum Gasteiger partial charge on any atom is 0.264 e. The van der Waals surface area contributed by atoms with Crippen LogP contribution in [0.15, 0.2) is 71.6 Å². The van der Waals surface area contributed by atoms with E-state index >= 15 is 0 Å². The second-order valence-electron chi connectivity index (χ2n) is 10.8. The Bertz CT molecular complexity index is 1490. The molecule has 1 saturated heterocycles. The number of nitrogens with one attached hydrogen (secondary N) is 1. The molecule has 0 radical (unpaired) electrons. The summed E-state index contributed by atoms with van der Waals surface area (Å²) in [5.41, 5.74) is 1.69. The summed E-state index contributed by atoms with van der Waals surface area (Å²) in [5, 5.41) is 0.886. The second-order valence-corrected chi connectivity index (χ2v) is 13.3. The monoisotopic (exact) mass is 587 g/mol. The number of benzene rings is 3. The molecule has 2 heterocycles. The van der Waals surface area contributed by atoms with Crippen LogP contribution in [0.5, 0.6) is 5.75 Å². The van der Waals surface area contributed by atoms with Crippen LogP contribution in [-0.2, 0) is 26.0 Å². The Morgan fingerprint density at radius 3 is 2.54 bits per heavy atom. The number of halogens is 2. The van der Waals surface area contributed by atoms with Gasteiger partial charge in [-0.05, 0) is 81.5 Å². The van der Waals surface area contributed by atoms with E-state index in [0.717, 1.165) is 11.1 Å². The van der Waals surface area contributed by atoms with Gasteiger partial charge in [0.1, 0.15) is 11.4 Å². The summed E-state index contributed by atoms with van der Waals surface area (Å²) in [6.07, 6.45) is 0.731. The maximum atomic E-state index is 13.7.